The molecule has 1 atom stereocenters. The Morgan fingerprint density at radius 3 is 2.52 bits per heavy atom. The van der Waals surface area contributed by atoms with Gasteiger partial charge in [-0.25, -0.2) is 9.67 Å². The zero-order valence-electron chi connectivity index (χ0n) is 16.2. The molecule has 0 unspecified atom stereocenters. The summed E-state index contributed by atoms with van der Waals surface area (Å²) in [6, 6.07) is 13.2. The van der Waals surface area contributed by atoms with Gasteiger partial charge in [-0.2, -0.15) is 10.2 Å². The zero-order chi connectivity index (χ0) is 20.8. The highest BCUT2D eigenvalue weighted by Crippen LogP contribution is 2.33. The summed E-state index contributed by atoms with van der Waals surface area (Å²) in [6.45, 7) is 5.12. The van der Waals surface area contributed by atoms with Gasteiger partial charge in [0.1, 0.15) is 0 Å². The van der Waals surface area contributed by atoms with Gasteiger partial charge in [0, 0.05) is 18.3 Å². The quantitative estimate of drug-likeness (QED) is 0.678. The van der Waals surface area contributed by atoms with Crippen LogP contribution >= 0.6 is 0 Å². The minimum atomic E-state index is -0.250. The summed E-state index contributed by atoms with van der Waals surface area (Å²) < 4.78 is 1.92. The number of benzene rings is 1. The Balaban J connectivity index is 0.000000755. The van der Waals surface area contributed by atoms with E-state index >= 15 is 0 Å². The maximum atomic E-state index is 13.0. The van der Waals surface area contributed by atoms with Gasteiger partial charge >= 0.3 is 0 Å². The summed E-state index contributed by atoms with van der Waals surface area (Å²) >= 11 is 0. The molecule has 9 heteroatoms. The van der Waals surface area contributed by atoms with Crippen LogP contribution < -0.4 is 0 Å². The first-order valence-electron chi connectivity index (χ1n) is 9.23. The largest absolute Gasteiger partial charge is 0.483 e. The van der Waals surface area contributed by atoms with Crippen LogP contribution in [0.5, 0.6) is 0 Å². The average molecular weight is 394 g/mol. The molecular weight excluding hydrogens is 372 g/mol. The molecule has 0 saturated carbocycles. The molecule has 29 heavy (non-hydrogen) atoms. The van der Waals surface area contributed by atoms with Crippen molar-refractivity contribution in [3.63, 3.8) is 0 Å². The van der Waals surface area contributed by atoms with Crippen LogP contribution in [0.3, 0.4) is 0 Å². The predicted octanol–water partition coefficient (Wildman–Crippen LogP) is 2.29. The summed E-state index contributed by atoms with van der Waals surface area (Å²) in [5.41, 5.74) is 1.33. The maximum Gasteiger partial charge on any atom is 0.290 e. The van der Waals surface area contributed by atoms with Crippen LogP contribution in [0.4, 0.5) is 0 Å². The standard InChI is InChI=1S/C19H20N6O.CH2O2/c1-13(2)16-18-21-17(14-7-4-3-5-8-14)23-25(18)12-11-24(16)19(26)15-9-6-10-20-22-15;2-1-3/h3-10,13,16H,11-12H2,1-2H3;1H,(H,2,3)/t16-;/m0./s1. The number of fused-ring (bicyclic) bond motifs is 1. The van der Waals surface area contributed by atoms with Crippen molar-refractivity contribution in [1.82, 2.24) is 29.9 Å². The second kappa shape index (κ2) is 9.05. The van der Waals surface area contributed by atoms with E-state index in [1.54, 1.807) is 18.3 Å². The third-order valence-electron chi connectivity index (χ3n) is 4.57. The summed E-state index contributed by atoms with van der Waals surface area (Å²) in [6.07, 6.45) is 1.57. The number of carbonyl (C=O) groups is 2. The van der Waals surface area contributed by atoms with E-state index in [1.807, 2.05) is 39.9 Å². The van der Waals surface area contributed by atoms with Gasteiger partial charge in [0.25, 0.3) is 12.4 Å². The first-order valence-corrected chi connectivity index (χ1v) is 9.23. The molecule has 0 aliphatic carbocycles. The van der Waals surface area contributed by atoms with Gasteiger partial charge in [-0.1, -0.05) is 44.2 Å². The molecule has 0 radical (unpaired) electrons. The van der Waals surface area contributed by atoms with E-state index in [4.69, 9.17) is 14.9 Å². The number of hydrogen-bond acceptors (Lipinski definition) is 6. The van der Waals surface area contributed by atoms with Crippen LogP contribution in [0.1, 0.15) is 36.2 Å². The van der Waals surface area contributed by atoms with Gasteiger partial charge in [-0.15, -0.1) is 5.10 Å². The van der Waals surface area contributed by atoms with Crippen molar-refractivity contribution in [2.45, 2.75) is 26.4 Å². The van der Waals surface area contributed by atoms with Crippen molar-refractivity contribution in [1.29, 1.82) is 0 Å². The Hall–Kier alpha value is -3.62. The van der Waals surface area contributed by atoms with Crippen molar-refractivity contribution in [2.75, 3.05) is 6.54 Å². The molecule has 1 amide bonds. The molecule has 3 aromatic rings. The van der Waals surface area contributed by atoms with Crippen molar-refractivity contribution in [3.05, 3.63) is 60.2 Å². The molecule has 4 rings (SSSR count). The van der Waals surface area contributed by atoms with E-state index in [0.29, 0.717) is 24.6 Å². The van der Waals surface area contributed by atoms with Crippen molar-refractivity contribution >= 4 is 12.4 Å². The molecule has 1 N–H and O–H groups in total. The number of carbonyl (C=O) groups excluding carboxylic acids is 1. The molecule has 1 aliphatic rings. The van der Waals surface area contributed by atoms with Crippen LogP contribution in [-0.2, 0) is 11.3 Å². The zero-order valence-corrected chi connectivity index (χ0v) is 16.2. The molecule has 3 heterocycles. The topological polar surface area (TPSA) is 114 Å². The Morgan fingerprint density at radius 1 is 1.17 bits per heavy atom. The maximum absolute atomic E-state index is 13.0. The summed E-state index contributed by atoms with van der Waals surface area (Å²) in [5.74, 6) is 1.59. The lowest BCUT2D eigenvalue weighted by Crippen LogP contribution is -2.45. The molecule has 1 aliphatic heterocycles. The molecule has 0 bridgehead atoms. The van der Waals surface area contributed by atoms with E-state index in [2.05, 4.69) is 29.1 Å². The number of aromatic nitrogens is 5. The molecule has 2 aromatic heterocycles. The summed E-state index contributed by atoms with van der Waals surface area (Å²) in [4.78, 5) is 27.9. The fourth-order valence-electron chi connectivity index (χ4n) is 3.38. The molecule has 0 spiro atoms. The van der Waals surface area contributed by atoms with Gasteiger partial charge in [0.15, 0.2) is 17.3 Å². The van der Waals surface area contributed by atoms with Crippen LogP contribution in [0.15, 0.2) is 48.7 Å². The predicted molar refractivity (Wildman–Crippen MR) is 105 cm³/mol. The van der Waals surface area contributed by atoms with Crippen LogP contribution in [0.25, 0.3) is 11.4 Å². The Kier molecular flexibility index (Phi) is 6.28. The monoisotopic (exact) mass is 394 g/mol. The molecule has 0 saturated heterocycles. The minimum absolute atomic E-state index is 0.118. The highest BCUT2D eigenvalue weighted by atomic mass is 16.3. The number of amides is 1. The van der Waals surface area contributed by atoms with E-state index < -0.39 is 0 Å². The van der Waals surface area contributed by atoms with Crippen LogP contribution in [-0.4, -0.2) is 53.9 Å². The minimum Gasteiger partial charge on any atom is -0.483 e. The Bertz CT molecular complexity index is 959. The lowest BCUT2D eigenvalue weighted by Gasteiger charge is -2.37. The van der Waals surface area contributed by atoms with Gasteiger partial charge in [-0.05, 0) is 18.1 Å². The van der Waals surface area contributed by atoms with Gasteiger partial charge in [0.05, 0.1) is 12.6 Å². The lowest BCUT2D eigenvalue weighted by atomic mass is 9.99. The van der Waals surface area contributed by atoms with E-state index in [0.717, 1.165) is 11.4 Å². The second-order valence-corrected chi connectivity index (χ2v) is 6.78. The van der Waals surface area contributed by atoms with Gasteiger partial charge < -0.3 is 10.0 Å². The molecule has 9 nitrogen and oxygen atoms in total. The highest BCUT2D eigenvalue weighted by molar-refractivity contribution is 5.92. The van der Waals surface area contributed by atoms with Crippen molar-refractivity contribution < 1.29 is 14.7 Å². The van der Waals surface area contributed by atoms with Crippen molar-refractivity contribution in [3.8, 4) is 11.4 Å². The third kappa shape index (κ3) is 4.29. The first kappa shape index (κ1) is 20.1. The first-order chi connectivity index (χ1) is 14.1. The van der Waals surface area contributed by atoms with E-state index in [-0.39, 0.29) is 24.3 Å². The van der Waals surface area contributed by atoms with Gasteiger partial charge in [-0.3, -0.25) is 9.59 Å². The van der Waals surface area contributed by atoms with Crippen LogP contribution in [0.2, 0.25) is 0 Å². The molecular formula is C20H22N6O3. The van der Waals surface area contributed by atoms with Crippen LogP contribution in [0, 0.1) is 5.92 Å². The molecule has 150 valence electrons. The fourth-order valence-corrected chi connectivity index (χ4v) is 3.38. The number of carboxylic acid groups (broad SMARTS) is 1. The Labute approximate surface area is 168 Å². The van der Waals surface area contributed by atoms with E-state index in [9.17, 15) is 4.79 Å². The Morgan fingerprint density at radius 2 is 1.90 bits per heavy atom. The fraction of sp³-hybridized carbons (Fsp3) is 0.300. The molecule has 0 fully saturated rings. The SMILES string of the molecule is CC(C)[C@H]1c2nc(-c3ccccc3)nn2CCN1C(=O)c1cccnn1.O=CO. The van der Waals surface area contributed by atoms with E-state index in [1.165, 1.54) is 0 Å². The highest BCUT2D eigenvalue weighted by Gasteiger charge is 2.36. The smallest absolute Gasteiger partial charge is 0.290 e. The lowest BCUT2D eigenvalue weighted by molar-refractivity contribution is -0.122. The third-order valence-corrected chi connectivity index (χ3v) is 4.57. The summed E-state index contributed by atoms with van der Waals surface area (Å²) in [5, 5.41) is 19.3. The number of rotatable bonds is 3. The second-order valence-electron chi connectivity index (χ2n) is 6.78. The normalized spacial score (nSPS) is 15.3. The molecule has 1 aromatic carbocycles. The summed E-state index contributed by atoms with van der Waals surface area (Å²) in [7, 11) is 0. The average Bonchev–Trinajstić information content (AvgIpc) is 3.18. The number of hydrogen-bond donors (Lipinski definition) is 1. The van der Waals surface area contributed by atoms with Crippen molar-refractivity contribution in [2.24, 2.45) is 5.92 Å². The number of nitrogens with zero attached hydrogens (tertiary/aromatic N) is 6. The van der Waals surface area contributed by atoms with Gasteiger partial charge in [0.2, 0.25) is 0 Å².